The van der Waals surface area contributed by atoms with Crippen LogP contribution in [-0.4, -0.2) is 58.9 Å². The summed E-state index contributed by atoms with van der Waals surface area (Å²) in [5.74, 6) is -0.340. The summed E-state index contributed by atoms with van der Waals surface area (Å²) in [5.41, 5.74) is 1.27. The number of halogens is 3. The lowest BCUT2D eigenvalue weighted by atomic mass is 10.1. The van der Waals surface area contributed by atoms with Crippen LogP contribution in [0.25, 0.3) is 16.8 Å². The minimum atomic E-state index is -3.44. The van der Waals surface area contributed by atoms with Gasteiger partial charge in [-0.1, -0.05) is 23.7 Å². The Morgan fingerprint density at radius 2 is 2.00 bits per heavy atom. The molecule has 1 aliphatic heterocycles. The summed E-state index contributed by atoms with van der Waals surface area (Å²) < 4.78 is 54.8. The first-order chi connectivity index (χ1) is 13.7. The van der Waals surface area contributed by atoms with Crippen LogP contribution in [0, 0.1) is 5.82 Å². The standard InChI is InChI=1S/C18H18ClF2N5O2S/c1-29(27,28)25-7-6-16(15(21)10-25)23-18-22-9-13-8-14(20)17(26(13)24-18)11-2-4-12(19)5-3-11/h2-5,8-9,15-16H,6-7,10H2,1H3,(H,23,24)/t15-,16-/m1/s1. The van der Waals surface area contributed by atoms with E-state index in [1.54, 1.807) is 24.3 Å². The molecule has 0 radical (unpaired) electrons. The first kappa shape index (κ1) is 20.0. The number of nitrogens with one attached hydrogen (secondary N) is 1. The molecule has 1 fully saturated rings. The molecule has 3 heterocycles. The molecule has 7 nitrogen and oxygen atoms in total. The summed E-state index contributed by atoms with van der Waals surface area (Å²) in [5, 5.41) is 7.75. The van der Waals surface area contributed by atoms with Gasteiger partial charge in [0.1, 0.15) is 11.9 Å². The number of piperidine rings is 1. The van der Waals surface area contributed by atoms with E-state index in [0.717, 1.165) is 10.6 Å². The van der Waals surface area contributed by atoms with Gasteiger partial charge in [-0.3, -0.25) is 0 Å². The highest BCUT2D eigenvalue weighted by atomic mass is 35.5. The van der Waals surface area contributed by atoms with Gasteiger partial charge >= 0.3 is 0 Å². The molecular formula is C18H18ClF2N5O2S. The Kier molecular flexibility index (Phi) is 5.18. The molecule has 29 heavy (non-hydrogen) atoms. The second-order valence-electron chi connectivity index (χ2n) is 6.94. The average Bonchev–Trinajstić information content (AvgIpc) is 2.98. The number of alkyl halides is 1. The molecule has 0 spiro atoms. The zero-order valence-corrected chi connectivity index (χ0v) is 17.0. The fourth-order valence-electron chi connectivity index (χ4n) is 3.38. The maximum absolute atomic E-state index is 14.5. The number of rotatable bonds is 4. The number of hydrogen-bond donors (Lipinski definition) is 1. The molecule has 154 valence electrons. The summed E-state index contributed by atoms with van der Waals surface area (Å²) in [7, 11) is -3.44. The number of anilines is 1. The first-order valence-electron chi connectivity index (χ1n) is 8.88. The van der Waals surface area contributed by atoms with Crippen LogP contribution in [0.1, 0.15) is 6.42 Å². The molecule has 0 amide bonds. The van der Waals surface area contributed by atoms with Gasteiger partial charge < -0.3 is 5.32 Å². The van der Waals surface area contributed by atoms with Crippen molar-refractivity contribution in [1.82, 2.24) is 18.9 Å². The lowest BCUT2D eigenvalue weighted by molar-refractivity contribution is 0.186. The van der Waals surface area contributed by atoms with E-state index in [4.69, 9.17) is 11.6 Å². The third kappa shape index (κ3) is 4.05. The fourth-order valence-corrected chi connectivity index (χ4v) is 4.35. The van der Waals surface area contributed by atoms with E-state index in [-0.39, 0.29) is 31.2 Å². The summed E-state index contributed by atoms with van der Waals surface area (Å²) in [6, 6.07) is 7.33. The lowest BCUT2D eigenvalue weighted by Gasteiger charge is -2.33. The highest BCUT2D eigenvalue weighted by molar-refractivity contribution is 7.88. The molecule has 11 heteroatoms. The lowest BCUT2D eigenvalue weighted by Crippen LogP contribution is -2.49. The predicted molar refractivity (Wildman–Crippen MR) is 107 cm³/mol. The van der Waals surface area contributed by atoms with E-state index in [1.165, 1.54) is 16.8 Å². The highest BCUT2D eigenvalue weighted by Crippen LogP contribution is 2.27. The quantitative estimate of drug-likeness (QED) is 0.673. The van der Waals surface area contributed by atoms with Crippen molar-refractivity contribution in [3.05, 3.63) is 47.4 Å². The van der Waals surface area contributed by atoms with Crippen LogP contribution in [0.4, 0.5) is 14.7 Å². The van der Waals surface area contributed by atoms with Crippen molar-refractivity contribution in [2.75, 3.05) is 24.7 Å². The number of fused-ring (bicyclic) bond motifs is 1. The van der Waals surface area contributed by atoms with Crippen molar-refractivity contribution >= 4 is 33.1 Å². The molecule has 2 aromatic heterocycles. The Balaban J connectivity index is 1.61. The normalized spacial score (nSPS) is 20.8. The highest BCUT2D eigenvalue weighted by Gasteiger charge is 2.33. The molecular weight excluding hydrogens is 424 g/mol. The number of hydrogen-bond acceptors (Lipinski definition) is 5. The van der Waals surface area contributed by atoms with E-state index in [0.29, 0.717) is 16.1 Å². The second kappa shape index (κ2) is 7.51. The maximum Gasteiger partial charge on any atom is 0.241 e. The molecule has 0 saturated carbocycles. The molecule has 3 aromatic rings. The first-order valence-corrected chi connectivity index (χ1v) is 11.1. The van der Waals surface area contributed by atoms with Gasteiger partial charge in [0.15, 0.2) is 5.82 Å². The number of aromatic nitrogens is 3. The van der Waals surface area contributed by atoms with Crippen LogP contribution < -0.4 is 5.32 Å². The van der Waals surface area contributed by atoms with Crippen molar-refractivity contribution < 1.29 is 17.2 Å². The Morgan fingerprint density at radius 3 is 2.66 bits per heavy atom. The Labute approximate surface area is 171 Å². The third-order valence-corrected chi connectivity index (χ3v) is 6.40. The smallest absolute Gasteiger partial charge is 0.241 e. The molecule has 1 N–H and O–H groups in total. The molecule has 2 atom stereocenters. The Hall–Kier alpha value is -2.30. The van der Waals surface area contributed by atoms with Crippen molar-refractivity contribution in [1.29, 1.82) is 0 Å². The van der Waals surface area contributed by atoms with Gasteiger partial charge in [0, 0.05) is 29.7 Å². The Morgan fingerprint density at radius 1 is 1.28 bits per heavy atom. The zero-order valence-electron chi connectivity index (χ0n) is 15.4. The molecule has 1 saturated heterocycles. The van der Waals surface area contributed by atoms with Gasteiger partial charge in [0.25, 0.3) is 0 Å². The SMILES string of the molecule is CS(=O)(=O)N1CC[C@@H](Nc2ncc3cc(F)c(-c4ccc(Cl)cc4)n3n2)[C@H](F)C1. The minimum absolute atomic E-state index is 0.128. The monoisotopic (exact) mass is 441 g/mol. The van der Waals surface area contributed by atoms with Crippen molar-refractivity contribution in [2.45, 2.75) is 18.6 Å². The number of benzene rings is 1. The van der Waals surface area contributed by atoms with Crippen LogP contribution in [0.3, 0.4) is 0 Å². The van der Waals surface area contributed by atoms with Gasteiger partial charge in [-0.2, -0.15) is 4.31 Å². The minimum Gasteiger partial charge on any atom is -0.347 e. The van der Waals surface area contributed by atoms with E-state index in [2.05, 4.69) is 15.4 Å². The number of nitrogens with zero attached hydrogens (tertiary/aromatic N) is 4. The number of sulfonamides is 1. The van der Waals surface area contributed by atoms with Gasteiger partial charge in [-0.25, -0.2) is 26.7 Å². The van der Waals surface area contributed by atoms with Crippen molar-refractivity contribution in [3.8, 4) is 11.3 Å². The van der Waals surface area contributed by atoms with Gasteiger partial charge in [0.2, 0.25) is 16.0 Å². The topological polar surface area (TPSA) is 79.6 Å². The van der Waals surface area contributed by atoms with Crippen LogP contribution in [0.2, 0.25) is 5.02 Å². The summed E-state index contributed by atoms with van der Waals surface area (Å²) in [4.78, 5) is 4.14. The van der Waals surface area contributed by atoms with Gasteiger partial charge in [0.05, 0.1) is 24.0 Å². The largest absolute Gasteiger partial charge is 0.347 e. The zero-order chi connectivity index (χ0) is 20.8. The van der Waals surface area contributed by atoms with E-state index in [9.17, 15) is 17.2 Å². The average molecular weight is 442 g/mol. The summed E-state index contributed by atoms with van der Waals surface area (Å²) in [6.45, 7) is -0.0275. The molecule has 1 aromatic carbocycles. The van der Waals surface area contributed by atoms with Crippen LogP contribution >= 0.6 is 11.6 Å². The van der Waals surface area contributed by atoms with E-state index >= 15 is 0 Å². The van der Waals surface area contributed by atoms with Crippen LogP contribution in [0.15, 0.2) is 36.5 Å². The molecule has 0 aliphatic carbocycles. The van der Waals surface area contributed by atoms with E-state index in [1.807, 2.05) is 0 Å². The van der Waals surface area contributed by atoms with Crippen molar-refractivity contribution in [2.24, 2.45) is 0 Å². The molecule has 1 aliphatic rings. The third-order valence-electron chi connectivity index (χ3n) is 4.88. The molecule has 0 unspecified atom stereocenters. The summed E-state index contributed by atoms with van der Waals surface area (Å²) in [6.07, 6.45) is 1.34. The predicted octanol–water partition coefficient (Wildman–Crippen LogP) is 2.97. The Bertz CT molecular complexity index is 1150. The van der Waals surface area contributed by atoms with Gasteiger partial charge in [-0.15, -0.1) is 5.10 Å². The van der Waals surface area contributed by atoms with Gasteiger partial charge in [-0.05, 0) is 18.6 Å². The second-order valence-corrected chi connectivity index (χ2v) is 9.36. The van der Waals surface area contributed by atoms with Crippen LogP contribution in [0.5, 0.6) is 0 Å². The fraction of sp³-hybridized carbons (Fsp3) is 0.333. The van der Waals surface area contributed by atoms with Crippen LogP contribution in [-0.2, 0) is 10.0 Å². The van der Waals surface area contributed by atoms with E-state index < -0.39 is 28.1 Å². The molecule has 4 rings (SSSR count). The molecule has 0 bridgehead atoms. The summed E-state index contributed by atoms with van der Waals surface area (Å²) >= 11 is 5.90. The van der Waals surface area contributed by atoms with Crippen molar-refractivity contribution in [3.63, 3.8) is 0 Å². The maximum atomic E-state index is 14.5.